The highest BCUT2D eigenvalue weighted by atomic mass is 35.5. The number of rotatable bonds is 6. The lowest BCUT2D eigenvalue weighted by molar-refractivity contribution is 0.348. The van der Waals surface area contributed by atoms with Crippen LogP contribution in [-0.4, -0.2) is 24.4 Å². The van der Waals surface area contributed by atoms with Crippen LogP contribution in [0.3, 0.4) is 0 Å². The molecule has 0 unspecified atom stereocenters. The van der Waals surface area contributed by atoms with Crippen LogP contribution in [0.2, 0.25) is 5.02 Å². The number of halogens is 1. The molecular weight excluding hydrogens is 294 g/mol. The maximum absolute atomic E-state index is 6.17. The SMILES string of the molecule is CCC[C@H](N)c1nc(-c2cc(Cl)c(OC)c(OC)c2)no1. The van der Waals surface area contributed by atoms with Crippen molar-refractivity contribution in [2.24, 2.45) is 5.73 Å². The first kappa shape index (κ1) is 15.6. The van der Waals surface area contributed by atoms with Gasteiger partial charge >= 0.3 is 0 Å². The fourth-order valence-electron chi connectivity index (χ4n) is 1.98. The van der Waals surface area contributed by atoms with Gasteiger partial charge in [0.1, 0.15) is 0 Å². The van der Waals surface area contributed by atoms with E-state index in [2.05, 4.69) is 10.1 Å². The van der Waals surface area contributed by atoms with Gasteiger partial charge in [-0.15, -0.1) is 0 Å². The van der Waals surface area contributed by atoms with Gasteiger partial charge in [0.2, 0.25) is 11.7 Å². The molecule has 0 aliphatic heterocycles. The Kier molecular flexibility index (Phi) is 5.03. The number of hydrogen-bond donors (Lipinski definition) is 1. The third kappa shape index (κ3) is 3.28. The summed E-state index contributed by atoms with van der Waals surface area (Å²) in [6.07, 6.45) is 1.73. The van der Waals surface area contributed by atoms with E-state index in [1.165, 1.54) is 14.2 Å². The highest BCUT2D eigenvalue weighted by molar-refractivity contribution is 6.32. The van der Waals surface area contributed by atoms with E-state index >= 15 is 0 Å². The average Bonchev–Trinajstić information content (AvgIpc) is 2.96. The van der Waals surface area contributed by atoms with E-state index in [0.717, 1.165) is 12.8 Å². The molecule has 0 bridgehead atoms. The molecule has 7 heteroatoms. The molecule has 2 rings (SSSR count). The van der Waals surface area contributed by atoms with Gasteiger partial charge in [-0.3, -0.25) is 0 Å². The zero-order chi connectivity index (χ0) is 15.4. The molecule has 0 fully saturated rings. The van der Waals surface area contributed by atoms with Crippen LogP contribution < -0.4 is 15.2 Å². The third-order valence-corrected chi connectivity index (χ3v) is 3.33. The van der Waals surface area contributed by atoms with Crippen molar-refractivity contribution >= 4 is 11.6 Å². The Morgan fingerprint density at radius 1 is 1.33 bits per heavy atom. The molecule has 0 radical (unpaired) electrons. The van der Waals surface area contributed by atoms with Crippen LogP contribution in [-0.2, 0) is 0 Å². The van der Waals surface area contributed by atoms with Crippen LogP contribution in [0.5, 0.6) is 11.5 Å². The van der Waals surface area contributed by atoms with Gasteiger partial charge in [-0.1, -0.05) is 30.1 Å². The predicted octanol–water partition coefficient (Wildman–Crippen LogP) is 3.21. The molecule has 0 spiro atoms. The van der Waals surface area contributed by atoms with Crippen molar-refractivity contribution in [2.75, 3.05) is 14.2 Å². The van der Waals surface area contributed by atoms with E-state index < -0.39 is 0 Å². The number of nitrogens with zero attached hydrogens (tertiary/aromatic N) is 2. The van der Waals surface area contributed by atoms with Crippen molar-refractivity contribution in [1.29, 1.82) is 0 Å². The monoisotopic (exact) mass is 311 g/mol. The third-order valence-electron chi connectivity index (χ3n) is 3.05. The highest BCUT2D eigenvalue weighted by Gasteiger charge is 2.18. The first-order chi connectivity index (χ1) is 10.1. The molecule has 0 aliphatic rings. The number of ether oxygens (including phenoxy) is 2. The molecule has 114 valence electrons. The fraction of sp³-hybridized carbons (Fsp3) is 0.429. The van der Waals surface area contributed by atoms with Gasteiger partial charge in [0.05, 0.1) is 25.3 Å². The zero-order valence-electron chi connectivity index (χ0n) is 12.2. The Labute approximate surface area is 128 Å². The number of benzene rings is 1. The van der Waals surface area contributed by atoms with Gasteiger partial charge < -0.3 is 19.7 Å². The second-order valence-corrected chi connectivity index (χ2v) is 4.95. The van der Waals surface area contributed by atoms with Crippen LogP contribution in [0.1, 0.15) is 31.7 Å². The molecule has 21 heavy (non-hydrogen) atoms. The van der Waals surface area contributed by atoms with Crippen LogP contribution in [0.15, 0.2) is 16.7 Å². The molecule has 2 aromatic rings. The first-order valence-electron chi connectivity index (χ1n) is 6.61. The van der Waals surface area contributed by atoms with Crippen molar-refractivity contribution < 1.29 is 14.0 Å². The van der Waals surface area contributed by atoms with E-state index in [1.807, 2.05) is 6.92 Å². The number of aromatic nitrogens is 2. The molecule has 0 aliphatic carbocycles. The Bertz CT molecular complexity index is 616. The molecule has 1 heterocycles. The topological polar surface area (TPSA) is 83.4 Å². The molecule has 1 atom stereocenters. The number of nitrogens with two attached hydrogens (primary N) is 1. The molecule has 0 amide bonds. The Morgan fingerprint density at radius 3 is 2.71 bits per heavy atom. The summed E-state index contributed by atoms with van der Waals surface area (Å²) < 4.78 is 15.6. The Hall–Kier alpha value is -1.79. The fourth-order valence-corrected chi connectivity index (χ4v) is 2.27. The highest BCUT2D eigenvalue weighted by Crippen LogP contribution is 2.38. The first-order valence-corrected chi connectivity index (χ1v) is 6.99. The van der Waals surface area contributed by atoms with Gasteiger partial charge in [-0.05, 0) is 18.6 Å². The average molecular weight is 312 g/mol. The van der Waals surface area contributed by atoms with Crippen LogP contribution in [0.4, 0.5) is 0 Å². The normalized spacial score (nSPS) is 12.2. The number of methoxy groups -OCH3 is 2. The minimum Gasteiger partial charge on any atom is -0.493 e. The molecule has 0 saturated heterocycles. The predicted molar refractivity (Wildman–Crippen MR) is 79.7 cm³/mol. The summed E-state index contributed by atoms with van der Waals surface area (Å²) in [7, 11) is 3.07. The van der Waals surface area contributed by atoms with Gasteiger partial charge in [0, 0.05) is 5.56 Å². The minimum absolute atomic E-state index is 0.258. The lowest BCUT2D eigenvalue weighted by Crippen LogP contribution is -2.09. The van der Waals surface area contributed by atoms with E-state index in [-0.39, 0.29) is 6.04 Å². The van der Waals surface area contributed by atoms with E-state index in [4.69, 9.17) is 31.3 Å². The van der Waals surface area contributed by atoms with Crippen molar-refractivity contribution in [3.63, 3.8) is 0 Å². The van der Waals surface area contributed by atoms with Gasteiger partial charge in [-0.25, -0.2) is 0 Å². The van der Waals surface area contributed by atoms with Crippen LogP contribution >= 0.6 is 11.6 Å². The van der Waals surface area contributed by atoms with Crippen LogP contribution in [0.25, 0.3) is 11.4 Å². The van der Waals surface area contributed by atoms with Crippen molar-refractivity contribution in [2.45, 2.75) is 25.8 Å². The summed E-state index contributed by atoms with van der Waals surface area (Å²) in [6, 6.07) is 3.18. The number of hydrogen-bond acceptors (Lipinski definition) is 6. The summed E-state index contributed by atoms with van der Waals surface area (Å²) in [5.41, 5.74) is 6.64. The minimum atomic E-state index is -0.258. The summed E-state index contributed by atoms with van der Waals surface area (Å²) in [5, 5.41) is 4.35. The summed E-state index contributed by atoms with van der Waals surface area (Å²) in [5.74, 6) is 1.80. The second kappa shape index (κ2) is 6.78. The van der Waals surface area contributed by atoms with Crippen LogP contribution in [0, 0.1) is 0 Å². The molecule has 2 N–H and O–H groups in total. The molecule has 1 aromatic heterocycles. The lowest BCUT2D eigenvalue weighted by Gasteiger charge is -2.10. The zero-order valence-corrected chi connectivity index (χ0v) is 13.0. The molecular formula is C14H18ClN3O3. The summed E-state index contributed by atoms with van der Waals surface area (Å²) in [6.45, 7) is 2.05. The van der Waals surface area contributed by atoms with E-state index in [0.29, 0.717) is 33.8 Å². The smallest absolute Gasteiger partial charge is 0.243 e. The quantitative estimate of drug-likeness (QED) is 0.882. The molecule has 0 saturated carbocycles. The van der Waals surface area contributed by atoms with Gasteiger partial charge in [0.25, 0.3) is 0 Å². The molecule has 1 aromatic carbocycles. The van der Waals surface area contributed by atoms with Gasteiger partial charge in [0.15, 0.2) is 11.5 Å². The van der Waals surface area contributed by atoms with E-state index in [9.17, 15) is 0 Å². The van der Waals surface area contributed by atoms with E-state index in [1.54, 1.807) is 12.1 Å². The molecule has 6 nitrogen and oxygen atoms in total. The second-order valence-electron chi connectivity index (χ2n) is 4.54. The standard InChI is InChI=1S/C14H18ClN3O3/c1-4-5-10(16)14-17-13(18-21-14)8-6-9(15)12(20-3)11(7-8)19-2/h6-7,10H,4-5,16H2,1-3H3/t10-/m0/s1. The van der Waals surface area contributed by atoms with Crippen molar-refractivity contribution in [1.82, 2.24) is 10.1 Å². The lowest BCUT2D eigenvalue weighted by atomic mass is 10.1. The summed E-state index contributed by atoms with van der Waals surface area (Å²) >= 11 is 6.17. The van der Waals surface area contributed by atoms with Crippen molar-refractivity contribution in [3.05, 3.63) is 23.0 Å². The maximum atomic E-state index is 6.17. The van der Waals surface area contributed by atoms with Gasteiger partial charge in [-0.2, -0.15) is 4.98 Å². The largest absolute Gasteiger partial charge is 0.493 e. The summed E-state index contributed by atoms with van der Waals surface area (Å²) in [4.78, 5) is 4.31. The van der Waals surface area contributed by atoms with Crippen molar-refractivity contribution in [3.8, 4) is 22.9 Å². The Morgan fingerprint density at radius 2 is 2.10 bits per heavy atom. The maximum Gasteiger partial charge on any atom is 0.243 e. The Balaban J connectivity index is 2.36.